The average molecular weight is 1510 g/mol. The molecule has 634 valence electrons. The second-order valence-corrected chi connectivity index (χ2v) is 15.4. The molecular formula is C79H198N12O8S2. The zero-order chi connectivity index (χ0) is 83.6. The van der Waals surface area contributed by atoms with Crippen molar-refractivity contribution < 1.29 is 38.1 Å². The van der Waals surface area contributed by atoms with Gasteiger partial charge in [0.05, 0.1) is 64.7 Å². The number of urea groups is 1. The maximum absolute atomic E-state index is 10.2. The summed E-state index contributed by atoms with van der Waals surface area (Å²) in [5.74, 6) is 2.21. The van der Waals surface area contributed by atoms with Crippen molar-refractivity contribution >= 4 is 59.2 Å². The van der Waals surface area contributed by atoms with E-state index in [-0.39, 0.29) is 17.4 Å². The van der Waals surface area contributed by atoms with E-state index in [4.69, 9.17) is 18.9 Å². The van der Waals surface area contributed by atoms with Gasteiger partial charge in [0.15, 0.2) is 6.40 Å². The number of piperazine rings is 1. The Hall–Kier alpha value is -2.96. The van der Waals surface area contributed by atoms with Crippen LogP contribution in [0.5, 0.6) is 0 Å². The summed E-state index contributed by atoms with van der Waals surface area (Å²) in [4.78, 5) is 42.0. The lowest BCUT2D eigenvalue weighted by Gasteiger charge is -2.11. The Morgan fingerprint density at radius 3 is 0.802 bits per heavy atom. The molecule has 22 heteroatoms. The third-order valence-corrected chi connectivity index (χ3v) is 9.71. The first kappa shape index (κ1) is 152. The molecule has 7 fully saturated rings. The van der Waals surface area contributed by atoms with Gasteiger partial charge < -0.3 is 71.5 Å². The van der Waals surface area contributed by atoms with Crippen LogP contribution in [0.3, 0.4) is 0 Å². The van der Waals surface area contributed by atoms with Crippen LogP contribution in [0.15, 0.2) is 15.0 Å². The monoisotopic (exact) mass is 1510 g/mol. The number of alkyl carbamates (subject to hydrolysis) is 1. The Kier molecular flexibility index (Phi) is 361. The van der Waals surface area contributed by atoms with Crippen LogP contribution >= 0.6 is 23.5 Å². The molecule has 10 heterocycles. The number of nitrogens with one attached hydrogen (secondary N) is 9. The highest BCUT2D eigenvalue weighted by molar-refractivity contribution is 8.13. The lowest BCUT2D eigenvalue weighted by atomic mass is 10.2. The Morgan fingerprint density at radius 1 is 0.307 bits per heavy atom. The summed E-state index contributed by atoms with van der Waals surface area (Å²) in [5.41, 5.74) is 1.93. The Balaban J connectivity index is -0.0000000380. The summed E-state index contributed by atoms with van der Waals surface area (Å²) in [5, 5.41) is 26.4. The molecule has 0 atom stereocenters. The summed E-state index contributed by atoms with van der Waals surface area (Å²) in [7, 11) is 0. The van der Waals surface area contributed by atoms with Gasteiger partial charge in [0.25, 0.3) is 5.24 Å². The zero-order valence-electron chi connectivity index (χ0n) is 76.5. The summed E-state index contributed by atoms with van der Waals surface area (Å²) in [6.45, 7) is 103. The minimum atomic E-state index is -0.296. The SMILES string of the molecule is C1=NCCCN1.C1=NCCCO1.C1=NCCCS1.C1CCNCC1.C1CNCCN1.C1COCCN1.C1COCCO1.CC.CC.CC.CC.CC.CC.CC.CC.CC.CC.CC.CC.CC.CC.CC.CC.CC.CC.CC.CC.O=C1NCCCN1.O=C1NCCO1.O=C1NCCS1. The third kappa shape index (κ3) is 235. The van der Waals surface area contributed by atoms with Crippen LogP contribution < -0.4 is 47.9 Å². The maximum atomic E-state index is 10.2. The van der Waals surface area contributed by atoms with Gasteiger partial charge in [0.2, 0.25) is 0 Å². The Labute approximate surface area is 647 Å². The molecule has 101 heavy (non-hydrogen) atoms. The minimum Gasteiger partial charge on any atom is -0.483 e. The molecule has 0 unspecified atom stereocenters. The molecule has 4 amide bonds. The lowest BCUT2D eigenvalue weighted by molar-refractivity contribution is -0.0334. The first-order chi connectivity index (χ1) is 50.2. The van der Waals surface area contributed by atoms with Crippen LogP contribution in [0.1, 0.15) is 322 Å². The number of rotatable bonds is 0. The number of amides is 4. The average Bonchev–Trinajstić information content (AvgIpc) is 4.66. The number of ether oxygens (including phenoxy) is 5. The molecule has 0 aromatic heterocycles. The van der Waals surface area contributed by atoms with E-state index in [9.17, 15) is 14.4 Å². The van der Waals surface area contributed by atoms with Crippen molar-refractivity contribution in [1.82, 2.24) is 47.9 Å². The number of piperidine rings is 1. The van der Waals surface area contributed by atoms with Crippen LogP contribution in [-0.2, 0) is 23.7 Å². The van der Waals surface area contributed by atoms with Crippen LogP contribution in [0.4, 0.5) is 14.4 Å². The molecule has 0 aromatic carbocycles. The minimum absolute atomic E-state index is 0.0359. The molecule has 7 saturated heterocycles. The second kappa shape index (κ2) is 240. The van der Waals surface area contributed by atoms with Gasteiger partial charge in [-0.25, -0.2) is 9.59 Å². The molecule has 0 saturated carbocycles. The summed E-state index contributed by atoms with van der Waals surface area (Å²) < 4.78 is 24.1. The molecule has 20 nitrogen and oxygen atoms in total. The molecule has 0 aromatic rings. The van der Waals surface area contributed by atoms with Crippen LogP contribution in [0, 0.1) is 0 Å². The molecular weight excluding hydrogens is 1310 g/mol. The number of thioether (sulfide) groups is 2. The number of hydrogen-bond acceptors (Lipinski definition) is 18. The van der Waals surface area contributed by atoms with E-state index in [1.807, 2.05) is 282 Å². The standard InChI is InChI=1S/C5H11N.C4H8N2O.C4H10N2.C4H8N2.C4H9NO.C4H7NO.C4H7NS.C4H8O2.C3H5NO2.C3H5NOS.20C2H6/c1-2-4-6-5-3-1;7-4-5-2-1-3-6-4;1-2-6-4-3-5-1;1-2-5-4-6-3-1;1-3-6-4-2-5-1;2*1-2-5-4-6-3-1;1-2-6-4-3-5-1;2*5-3-4-1-2-6-3;20*1-2/h6H,1-5H2;1-3H2,(H2,5,6,7);5-6H,1-4H2;4H,1-3H2,(H,5,6);5H,1-4H2;2*4H,1-3H2;1-4H2;2*1-2H2,(H,4,5);20*1-2H3. The summed E-state index contributed by atoms with van der Waals surface area (Å²) in [6.07, 6.45) is 11.8. The molecule has 10 rings (SSSR count). The highest BCUT2D eigenvalue weighted by Crippen LogP contribution is 2.05. The van der Waals surface area contributed by atoms with Crippen molar-refractivity contribution in [2.75, 3.05) is 169 Å². The predicted molar refractivity (Wildman–Crippen MR) is 476 cm³/mol. The van der Waals surface area contributed by atoms with E-state index in [2.05, 4.69) is 67.6 Å². The van der Waals surface area contributed by atoms with E-state index in [0.717, 1.165) is 150 Å². The highest BCUT2D eigenvalue weighted by atomic mass is 32.2. The van der Waals surface area contributed by atoms with Gasteiger partial charge in [-0.2, -0.15) is 0 Å². The van der Waals surface area contributed by atoms with Gasteiger partial charge in [-0.05, 0) is 45.2 Å². The van der Waals surface area contributed by atoms with Crippen molar-refractivity contribution in [3.05, 3.63) is 0 Å². The number of nitrogens with zero attached hydrogens (tertiary/aromatic N) is 3. The van der Waals surface area contributed by atoms with Crippen molar-refractivity contribution in [2.24, 2.45) is 15.0 Å². The molecule has 0 radical (unpaired) electrons. The topological polar surface area (TPSA) is 243 Å². The predicted octanol–water partition coefficient (Wildman–Crippen LogP) is 21.6. The molecule has 0 spiro atoms. The number of carbonyl (C=O) groups excluding carboxylic acids is 3. The van der Waals surface area contributed by atoms with E-state index < -0.39 is 0 Å². The lowest BCUT2D eigenvalue weighted by Crippen LogP contribution is -2.42. The van der Waals surface area contributed by atoms with Gasteiger partial charge in [0.1, 0.15) is 6.61 Å². The van der Waals surface area contributed by atoms with E-state index in [1.54, 1.807) is 18.1 Å². The summed E-state index contributed by atoms with van der Waals surface area (Å²) in [6, 6.07) is -0.0359. The highest BCUT2D eigenvalue weighted by Gasteiger charge is 2.07. The number of hydrogen-bond donors (Lipinski definition) is 9. The van der Waals surface area contributed by atoms with E-state index >= 15 is 0 Å². The number of cyclic esters (lactones) is 1. The number of aliphatic imine (C=N–C) groups is 3. The first-order valence-electron chi connectivity index (χ1n) is 42.0. The van der Waals surface area contributed by atoms with Crippen LogP contribution in [-0.4, -0.2) is 205 Å². The van der Waals surface area contributed by atoms with E-state index in [1.165, 1.54) is 69.1 Å². The molecule has 0 aliphatic carbocycles. The fourth-order valence-corrected chi connectivity index (χ4v) is 6.08. The van der Waals surface area contributed by atoms with Gasteiger partial charge in [-0.3, -0.25) is 19.8 Å². The largest absolute Gasteiger partial charge is 0.483 e. The maximum Gasteiger partial charge on any atom is 0.407 e. The van der Waals surface area contributed by atoms with Crippen LogP contribution in [0.2, 0.25) is 0 Å². The molecule has 9 N–H and O–H groups in total. The Bertz CT molecular complexity index is 903. The molecule has 10 aliphatic heterocycles. The second-order valence-electron chi connectivity index (χ2n) is 13.4. The van der Waals surface area contributed by atoms with Crippen molar-refractivity contribution in [3.63, 3.8) is 0 Å². The first-order valence-corrected chi connectivity index (χ1v) is 44.0. The third-order valence-electron chi connectivity index (χ3n) is 8.08. The fourth-order valence-electron chi connectivity index (χ4n) is 4.87. The molecule has 10 aliphatic rings. The Morgan fingerprint density at radius 2 is 0.693 bits per heavy atom. The van der Waals surface area contributed by atoms with Gasteiger partial charge >= 0.3 is 12.1 Å². The fraction of sp³-hybridized carbons (Fsp3) is 0.924. The summed E-state index contributed by atoms with van der Waals surface area (Å²) >= 11 is 3.15. The van der Waals surface area contributed by atoms with Crippen molar-refractivity contribution in [1.29, 1.82) is 0 Å². The number of morpholine rings is 1. The normalized spacial score (nSPS) is 14.4. The van der Waals surface area contributed by atoms with Crippen molar-refractivity contribution in [3.8, 4) is 0 Å². The van der Waals surface area contributed by atoms with Gasteiger partial charge in [0, 0.05) is 103 Å². The van der Waals surface area contributed by atoms with Gasteiger partial charge in [-0.15, -0.1) is 11.8 Å². The molecule has 0 bridgehead atoms. The van der Waals surface area contributed by atoms with Gasteiger partial charge in [-0.1, -0.05) is 295 Å². The van der Waals surface area contributed by atoms with Crippen LogP contribution in [0.25, 0.3) is 0 Å². The number of carbonyl (C=O) groups is 3. The van der Waals surface area contributed by atoms with E-state index in [0.29, 0.717) is 13.2 Å². The van der Waals surface area contributed by atoms with Crippen molar-refractivity contribution in [2.45, 2.75) is 322 Å². The smallest absolute Gasteiger partial charge is 0.407 e. The zero-order valence-corrected chi connectivity index (χ0v) is 78.1. The quantitative estimate of drug-likeness (QED) is 0.110.